The van der Waals surface area contributed by atoms with Crippen LogP contribution in [0, 0.1) is 6.92 Å². The maximum atomic E-state index is 13.4. The normalized spacial score (nSPS) is 17.1. The topological polar surface area (TPSA) is 85.3 Å². The van der Waals surface area contributed by atoms with Gasteiger partial charge in [0.15, 0.2) is 0 Å². The van der Waals surface area contributed by atoms with Gasteiger partial charge in [0.25, 0.3) is 11.7 Å². The van der Waals surface area contributed by atoms with Crippen LogP contribution in [0.3, 0.4) is 0 Å². The number of carbonyl (C=O) groups excluding carboxylic acids is 2. The Morgan fingerprint density at radius 3 is 2.00 bits per heavy atom. The highest BCUT2D eigenvalue weighted by Gasteiger charge is 2.47. The van der Waals surface area contributed by atoms with Crippen LogP contribution in [-0.2, 0) is 9.59 Å². The van der Waals surface area contributed by atoms with Crippen LogP contribution in [0.5, 0.6) is 17.2 Å². The van der Waals surface area contributed by atoms with Gasteiger partial charge < -0.3 is 19.3 Å². The molecule has 3 aromatic rings. The van der Waals surface area contributed by atoms with E-state index in [1.165, 1.54) is 19.1 Å². The third-order valence-corrected chi connectivity index (χ3v) is 5.94. The Labute approximate surface area is 197 Å². The van der Waals surface area contributed by atoms with Gasteiger partial charge >= 0.3 is 0 Å². The van der Waals surface area contributed by atoms with Crippen LogP contribution < -0.4 is 19.1 Å². The summed E-state index contributed by atoms with van der Waals surface area (Å²) in [5, 5.41) is 11.5. The zero-order valence-corrected chi connectivity index (χ0v) is 19.4. The van der Waals surface area contributed by atoms with E-state index in [9.17, 15) is 14.7 Å². The van der Waals surface area contributed by atoms with Crippen molar-refractivity contribution in [3.05, 3.63) is 89.0 Å². The third kappa shape index (κ3) is 3.75. The molecule has 1 heterocycles. The lowest BCUT2D eigenvalue weighted by molar-refractivity contribution is -0.132. The van der Waals surface area contributed by atoms with Crippen molar-refractivity contribution in [2.75, 3.05) is 26.2 Å². The minimum atomic E-state index is -0.857. The predicted molar refractivity (Wildman–Crippen MR) is 129 cm³/mol. The van der Waals surface area contributed by atoms with E-state index in [0.717, 1.165) is 5.56 Å². The number of hydrogen-bond donors (Lipinski definition) is 1. The SMILES string of the molecule is COc1ccc(N2C(=O)C(=O)/C(=C(/O)c3c(OC)cccc3OC)C2c2ccccc2C)cc1. The van der Waals surface area contributed by atoms with Gasteiger partial charge in [0.05, 0.1) is 32.9 Å². The van der Waals surface area contributed by atoms with Crippen LogP contribution in [-0.4, -0.2) is 38.1 Å². The van der Waals surface area contributed by atoms with Gasteiger partial charge in [-0.2, -0.15) is 0 Å². The van der Waals surface area contributed by atoms with Crippen LogP contribution >= 0.6 is 0 Å². The smallest absolute Gasteiger partial charge is 0.300 e. The molecule has 1 saturated heterocycles. The summed E-state index contributed by atoms with van der Waals surface area (Å²) in [6.45, 7) is 1.90. The molecule has 1 fully saturated rings. The zero-order valence-electron chi connectivity index (χ0n) is 19.4. The van der Waals surface area contributed by atoms with Crippen LogP contribution in [0.25, 0.3) is 5.76 Å². The first kappa shape index (κ1) is 22.9. The lowest BCUT2D eigenvalue weighted by atomic mass is 9.92. The fourth-order valence-electron chi connectivity index (χ4n) is 4.25. The molecule has 174 valence electrons. The van der Waals surface area contributed by atoms with E-state index in [2.05, 4.69) is 0 Å². The van der Waals surface area contributed by atoms with E-state index in [1.54, 1.807) is 49.6 Å². The molecule has 1 aliphatic heterocycles. The number of rotatable bonds is 6. The standard InChI is InChI=1S/C27H25NO6/c1-16-8-5-6-9-19(16)24-23(25(29)22-20(33-3)10-7-11-21(22)34-4)26(30)27(31)28(24)17-12-14-18(32-2)15-13-17/h5-15,24,29H,1-4H3/b25-23+. The van der Waals surface area contributed by atoms with Gasteiger partial charge in [-0.05, 0) is 54.4 Å². The molecule has 0 saturated carbocycles. The van der Waals surface area contributed by atoms with Gasteiger partial charge in [-0.15, -0.1) is 0 Å². The van der Waals surface area contributed by atoms with Crippen molar-refractivity contribution in [1.82, 2.24) is 0 Å². The Balaban J connectivity index is 2.01. The number of hydrogen-bond acceptors (Lipinski definition) is 6. The number of methoxy groups -OCH3 is 3. The van der Waals surface area contributed by atoms with E-state index in [4.69, 9.17) is 14.2 Å². The number of amides is 1. The highest BCUT2D eigenvalue weighted by molar-refractivity contribution is 6.51. The molecule has 1 unspecified atom stereocenters. The van der Waals surface area contributed by atoms with Gasteiger partial charge in [0.2, 0.25) is 0 Å². The Hall–Kier alpha value is -4.26. The molecule has 1 amide bonds. The number of ether oxygens (including phenoxy) is 3. The molecule has 1 N–H and O–H groups in total. The first-order chi connectivity index (χ1) is 16.4. The molecule has 3 aromatic carbocycles. The Morgan fingerprint density at radius 1 is 0.824 bits per heavy atom. The molecule has 7 nitrogen and oxygen atoms in total. The number of benzene rings is 3. The summed E-state index contributed by atoms with van der Waals surface area (Å²) in [5.41, 5.74) is 2.25. The van der Waals surface area contributed by atoms with Gasteiger partial charge in [-0.25, -0.2) is 0 Å². The number of carbonyl (C=O) groups is 2. The number of aryl methyl sites for hydroxylation is 1. The van der Waals surface area contributed by atoms with E-state index < -0.39 is 17.7 Å². The van der Waals surface area contributed by atoms with Gasteiger partial charge in [0.1, 0.15) is 28.6 Å². The fourth-order valence-corrected chi connectivity index (χ4v) is 4.25. The summed E-state index contributed by atoms with van der Waals surface area (Å²) >= 11 is 0. The van der Waals surface area contributed by atoms with Crippen molar-refractivity contribution in [2.45, 2.75) is 13.0 Å². The van der Waals surface area contributed by atoms with Crippen LogP contribution in [0.15, 0.2) is 72.3 Å². The number of aliphatic hydroxyl groups is 1. The number of aliphatic hydroxyl groups excluding tert-OH is 1. The second-order valence-electron chi connectivity index (χ2n) is 7.76. The summed E-state index contributed by atoms with van der Waals surface area (Å²) in [7, 11) is 4.47. The molecule has 4 rings (SSSR count). The van der Waals surface area contributed by atoms with Gasteiger partial charge in [-0.3, -0.25) is 14.5 Å². The van der Waals surface area contributed by atoms with Crippen molar-refractivity contribution in [2.24, 2.45) is 0 Å². The first-order valence-corrected chi connectivity index (χ1v) is 10.6. The maximum Gasteiger partial charge on any atom is 0.300 e. The minimum absolute atomic E-state index is 0.0436. The second kappa shape index (κ2) is 9.31. The fraction of sp³-hybridized carbons (Fsp3) is 0.185. The van der Waals surface area contributed by atoms with Crippen molar-refractivity contribution < 1.29 is 28.9 Å². The Morgan fingerprint density at radius 2 is 1.44 bits per heavy atom. The minimum Gasteiger partial charge on any atom is -0.506 e. The summed E-state index contributed by atoms with van der Waals surface area (Å²) in [6.07, 6.45) is 0. The monoisotopic (exact) mass is 459 g/mol. The average Bonchev–Trinajstić information content (AvgIpc) is 3.13. The van der Waals surface area contributed by atoms with E-state index in [0.29, 0.717) is 28.5 Å². The molecule has 0 spiro atoms. The second-order valence-corrected chi connectivity index (χ2v) is 7.76. The van der Waals surface area contributed by atoms with Crippen molar-refractivity contribution in [3.8, 4) is 17.2 Å². The Kier molecular flexibility index (Phi) is 6.27. The highest BCUT2D eigenvalue weighted by Crippen LogP contribution is 2.45. The molecule has 7 heteroatoms. The summed E-state index contributed by atoms with van der Waals surface area (Å²) in [4.78, 5) is 28.2. The van der Waals surface area contributed by atoms with E-state index in [-0.39, 0.29) is 16.9 Å². The quantitative estimate of drug-likeness (QED) is 0.328. The summed E-state index contributed by atoms with van der Waals surface area (Å²) < 4.78 is 16.1. The molecule has 1 atom stereocenters. The van der Waals surface area contributed by atoms with E-state index in [1.807, 2.05) is 31.2 Å². The molecule has 0 aromatic heterocycles. The van der Waals surface area contributed by atoms with Crippen molar-refractivity contribution >= 4 is 23.1 Å². The molecular weight excluding hydrogens is 434 g/mol. The predicted octanol–water partition coefficient (Wildman–Crippen LogP) is 4.65. The number of nitrogens with zero attached hydrogens (tertiary/aromatic N) is 1. The Bertz CT molecular complexity index is 1260. The molecule has 0 bridgehead atoms. The molecule has 34 heavy (non-hydrogen) atoms. The van der Waals surface area contributed by atoms with Crippen LogP contribution in [0.2, 0.25) is 0 Å². The molecule has 0 aliphatic carbocycles. The highest BCUT2D eigenvalue weighted by atomic mass is 16.5. The molecular formula is C27H25NO6. The van der Waals surface area contributed by atoms with Crippen LogP contribution in [0.1, 0.15) is 22.7 Å². The zero-order chi connectivity index (χ0) is 24.4. The third-order valence-electron chi connectivity index (χ3n) is 5.94. The van der Waals surface area contributed by atoms with Gasteiger partial charge in [0, 0.05) is 5.69 Å². The van der Waals surface area contributed by atoms with Crippen molar-refractivity contribution in [3.63, 3.8) is 0 Å². The van der Waals surface area contributed by atoms with Gasteiger partial charge in [-0.1, -0.05) is 30.3 Å². The van der Waals surface area contributed by atoms with E-state index >= 15 is 0 Å². The van der Waals surface area contributed by atoms with Crippen molar-refractivity contribution in [1.29, 1.82) is 0 Å². The summed E-state index contributed by atoms with van der Waals surface area (Å²) in [5.74, 6) is -0.654. The maximum absolute atomic E-state index is 13.4. The lowest BCUT2D eigenvalue weighted by Gasteiger charge is -2.27. The summed E-state index contributed by atoms with van der Waals surface area (Å²) in [6, 6.07) is 18.5. The number of anilines is 1. The number of ketones is 1. The molecule has 0 radical (unpaired) electrons. The average molecular weight is 459 g/mol. The lowest BCUT2D eigenvalue weighted by Crippen LogP contribution is -2.29. The number of Topliss-reactive ketones (excluding diaryl/α,β-unsaturated/α-hetero) is 1. The van der Waals surface area contributed by atoms with Crippen LogP contribution in [0.4, 0.5) is 5.69 Å². The molecule has 1 aliphatic rings. The largest absolute Gasteiger partial charge is 0.506 e. The first-order valence-electron chi connectivity index (χ1n) is 10.6.